The summed E-state index contributed by atoms with van der Waals surface area (Å²) in [6.07, 6.45) is -0.820. The van der Waals surface area contributed by atoms with Crippen molar-refractivity contribution in [3.8, 4) is 0 Å². The molecule has 0 aliphatic carbocycles. The maximum Gasteiger partial charge on any atom is 0.413 e. The lowest BCUT2D eigenvalue weighted by molar-refractivity contribution is -0.179. The third-order valence-corrected chi connectivity index (χ3v) is 7.31. The summed E-state index contributed by atoms with van der Waals surface area (Å²) in [5, 5.41) is 20.9. The van der Waals surface area contributed by atoms with E-state index in [9.17, 15) is 32.1 Å². The molecule has 0 spiro atoms. The molecule has 248 valence electrons. The highest BCUT2D eigenvalue weighted by atomic mass is 32.2. The first-order chi connectivity index (χ1) is 20.5. The van der Waals surface area contributed by atoms with Gasteiger partial charge in [-0.2, -0.15) is 8.42 Å². The first kappa shape index (κ1) is 35.2. The number of β-lactam (4-membered cyclic amide) rings is 1. The smallest absolute Gasteiger partial charge is 0.413 e. The van der Waals surface area contributed by atoms with Gasteiger partial charge in [-0.3, -0.25) is 19.5 Å². The van der Waals surface area contributed by atoms with Gasteiger partial charge in [0.2, 0.25) is 5.60 Å². The zero-order valence-electron chi connectivity index (χ0n) is 26.0. The van der Waals surface area contributed by atoms with Crippen LogP contribution in [-0.2, 0) is 45.5 Å². The van der Waals surface area contributed by atoms with Crippen molar-refractivity contribution in [2.75, 3.05) is 5.32 Å². The molecule has 2 aromatic heterocycles. The van der Waals surface area contributed by atoms with Crippen LogP contribution in [0.2, 0.25) is 0 Å². The number of carbonyl (C=O) groups is 4. The molecule has 3 heterocycles. The van der Waals surface area contributed by atoms with E-state index in [0.29, 0.717) is 0 Å². The van der Waals surface area contributed by atoms with Gasteiger partial charge >= 0.3 is 22.4 Å². The molecule has 2 aromatic rings. The fourth-order valence-electron chi connectivity index (χ4n) is 3.58. The number of thiazole rings is 1. The lowest BCUT2D eigenvalue weighted by Gasteiger charge is -2.43. The van der Waals surface area contributed by atoms with E-state index in [1.54, 1.807) is 41.5 Å². The van der Waals surface area contributed by atoms with E-state index in [2.05, 4.69) is 36.3 Å². The van der Waals surface area contributed by atoms with Crippen LogP contribution in [0.4, 0.5) is 9.93 Å². The normalized spacial score (nSPS) is 17.8. The van der Waals surface area contributed by atoms with E-state index in [1.807, 2.05) is 0 Å². The first-order valence-corrected chi connectivity index (χ1v) is 15.6. The number of esters is 1. The number of ether oxygens (including phenoxy) is 2. The summed E-state index contributed by atoms with van der Waals surface area (Å²) in [6, 6.07) is -2.83. The molecule has 1 aliphatic heterocycles. The third kappa shape index (κ3) is 9.14. The summed E-state index contributed by atoms with van der Waals surface area (Å²) in [4.78, 5) is 61.0. The monoisotopic (exact) mass is 673 g/mol. The molecule has 0 aromatic carbocycles. The van der Waals surface area contributed by atoms with Crippen LogP contribution < -0.4 is 10.6 Å². The lowest BCUT2D eigenvalue weighted by atomic mass is 9.98. The van der Waals surface area contributed by atoms with Crippen LogP contribution >= 0.6 is 11.3 Å². The van der Waals surface area contributed by atoms with E-state index in [4.69, 9.17) is 14.3 Å². The van der Waals surface area contributed by atoms with E-state index >= 15 is 0 Å². The molecule has 0 bridgehead atoms. The molecule has 45 heavy (non-hydrogen) atoms. The zero-order valence-corrected chi connectivity index (χ0v) is 27.6. The summed E-state index contributed by atoms with van der Waals surface area (Å²) in [5.74, 6) is -2.77. The zero-order chi connectivity index (χ0) is 34.1. The van der Waals surface area contributed by atoms with E-state index in [0.717, 1.165) is 11.3 Å². The van der Waals surface area contributed by atoms with Crippen molar-refractivity contribution in [3.63, 3.8) is 0 Å². The number of rotatable bonds is 10. The minimum Gasteiger partial charge on any atom is -0.457 e. The van der Waals surface area contributed by atoms with Gasteiger partial charge in [-0.25, -0.2) is 23.6 Å². The Balaban J connectivity index is 1.94. The van der Waals surface area contributed by atoms with Crippen LogP contribution in [0.15, 0.2) is 10.5 Å². The van der Waals surface area contributed by atoms with Crippen LogP contribution in [0, 0.1) is 6.92 Å². The Bertz CT molecular complexity index is 1600. The van der Waals surface area contributed by atoms with E-state index in [-0.39, 0.29) is 27.5 Å². The number of oxime groups is 1. The average molecular weight is 674 g/mol. The number of hydrogen-bond donors (Lipinski definition) is 3. The molecule has 1 fully saturated rings. The molecule has 0 unspecified atom stereocenters. The summed E-state index contributed by atoms with van der Waals surface area (Å²) in [7, 11) is -5.02. The number of nitrogens with one attached hydrogen (secondary N) is 2. The molecule has 21 heteroatoms. The largest absolute Gasteiger partial charge is 0.457 e. The number of aromatic nitrogens is 5. The van der Waals surface area contributed by atoms with E-state index < -0.39 is 68.8 Å². The average Bonchev–Trinajstić information content (AvgIpc) is 3.47. The Morgan fingerprint density at radius 3 is 2.24 bits per heavy atom. The Kier molecular flexibility index (Phi) is 9.89. The maximum absolute atomic E-state index is 13.6. The minimum atomic E-state index is -5.02. The fourth-order valence-corrected chi connectivity index (χ4v) is 5.13. The van der Waals surface area contributed by atoms with Gasteiger partial charge in [0.15, 0.2) is 10.8 Å². The highest BCUT2D eigenvalue weighted by molar-refractivity contribution is 7.84. The third-order valence-electron chi connectivity index (χ3n) is 5.60. The number of hydrogen-bond acceptors (Lipinski definition) is 15. The number of tetrazole rings is 1. The van der Waals surface area contributed by atoms with Gasteiger partial charge in [0.05, 0.1) is 12.6 Å². The highest BCUT2D eigenvalue weighted by Gasteiger charge is 2.54. The van der Waals surface area contributed by atoms with Gasteiger partial charge in [0.1, 0.15) is 28.8 Å². The lowest BCUT2D eigenvalue weighted by Crippen LogP contribution is -2.73. The van der Waals surface area contributed by atoms with Gasteiger partial charge in [-0.1, -0.05) is 5.16 Å². The van der Waals surface area contributed by atoms with Crippen LogP contribution in [0.3, 0.4) is 0 Å². The van der Waals surface area contributed by atoms with Crippen LogP contribution in [0.25, 0.3) is 0 Å². The van der Waals surface area contributed by atoms with Crippen molar-refractivity contribution in [2.45, 2.75) is 97.7 Å². The molecular formula is C24H35N9O10S2. The minimum absolute atomic E-state index is 0.00968. The summed E-state index contributed by atoms with van der Waals surface area (Å²) in [6.45, 7) is 13.8. The van der Waals surface area contributed by atoms with Gasteiger partial charge in [0.25, 0.3) is 11.8 Å². The van der Waals surface area contributed by atoms with Crippen molar-refractivity contribution in [3.05, 3.63) is 16.9 Å². The molecule has 1 aliphatic rings. The van der Waals surface area contributed by atoms with Crippen molar-refractivity contribution in [2.24, 2.45) is 5.16 Å². The van der Waals surface area contributed by atoms with Gasteiger partial charge < -0.3 is 19.6 Å². The van der Waals surface area contributed by atoms with Crippen molar-refractivity contribution >= 4 is 56.4 Å². The van der Waals surface area contributed by atoms with Gasteiger partial charge in [-0.15, -0.1) is 16.4 Å². The predicted octanol–water partition coefficient (Wildman–Crippen LogP) is 0.825. The topological polar surface area (TPSA) is 246 Å². The molecule has 0 saturated carbocycles. The van der Waals surface area contributed by atoms with Gasteiger partial charge in [0, 0.05) is 5.38 Å². The molecule has 0 radical (unpaired) electrons. The second kappa shape index (κ2) is 12.6. The number of carbonyl (C=O) groups excluding carboxylic acids is 4. The summed E-state index contributed by atoms with van der Waals surface area (Å²) >= 11 is 0.901. The predicted molar refractivity (Wildman–Crippen MR) is 156 cm³/mol. The molecule has 3 amide bonds. The van der Waals surface area contributed by atoms with Crippen molar-refractivity contribution in [1.82, 2.24) is 34.8 Å². The standard InChI is InChI=1S/C24H35N9O10S2/c1-12-28-30-31-32(12)10-14-16(18(35)33(14)45(38,39)40)26-17(34)15(29-43-24(8,9)19(36)41-22(2,3)4)13-11-44-20(25-13)27-21(37)42-23(5,6)7/h11,14,16H,10H2,1-9H3,(H,26,34)(H,25,27,37)(H,38,39,40)/b29-15-/t14-,16+/m1/s1. The molecule has 3 N–H and O–H groups in total. The summed E-state index contributed by atoms with van der Waals surface area (Å²) < 4.78 is 45.4. The number of nitrogens with zero attached hydrogens (tertiary/aromatic N) is 7. The van der Waals surface area contributed by atoms with Crippen LogP contribution in [0.1, 0.15) is 66.9 Å². The second-order valence-corrected chi connectivity index (χ2v) is 14.4. The highest BCUT2D eigenvalue weighted by Crippen LogP contribution is 2.26. The van der Waals surface area contributed by atoms with Gasteiger partial charge in [-0.05, 0) is 72.7 Å². The first-order valence-electron chi connectivity index (χ1n) is 13.3. The SMILES string of the molecule is Cc1nnnn1C[C@@H]1[C@H](NC(=O)/C(=N\OC(C)(C)C(=O)OC(C)(C)C)c2csc(NC(=O)OC(C)(C)C)n2)C(=O)N1S(=O)(=O)O. The Morgan fingerprint density at radius 2 is 1.71 bits per heavy atom. The molecule has 3 rings (SSSR count). The number of aryl methyl sites for hydroxylation is 1. The number of anilines is 1. The van der Waals surface area contributed by atoms with Crippen molar-refractivity contribution < 1.29 is 46.5 Å². The Morgan fingerprint density at radius 1 is 1.09 bits per heavy atom. The molecule has 2 atom stereocenters. The quantitative estimate of drug-likeness (QED) is 0.104. The maximum atomic E-state index is 13.6. The molecular weight excluding hydrogens is 638 g/mol. The van der Waals surface area contributed by atoms with Crippen LogP contribution in [0.5, 0.6) is 0 Å². The fraction of sp³-hybridized carbons (Fsp3) is 0.625. The second-order valence-electron chi connectivity index (χ2n) is 12.2. The van der Waals surface area contributed by atoms with E-state index in [1.165, 1.54) is 30.8 Å². The van der Waals surface area contributed by atoms with Crippen molar-refractivity contribution in [1.29, 1.82) is 0 Å². The Hall–Kier alpha value is -4.24. The van der Waals surface area contributed by atoms with Crippen LogP contribution in [-0.4, -0.2) is 101 Å². The number of amides is 3. The molecule has 19 nitrogen and oxygen atoms in total. The Labute approximate surface area is 262 Å². The molecule has 1 saturated heterocycles. The summed E-state index contributed by atoms with van der Waals surface area (Å²) in [5.41, 5.74) is -4.07.